The molecule has 3 heteroatoms. The molecule has 3 nitrogen and oxygen atoms in total. The van der Waals surface area contributed by atoms with Crippen LogP contribution in [-0.4, -0.2) is 11.6 Å². The average molecular weight is 326 g/mol. The summed E-state index contributed by atoms with van der Waals surface area (Å²) in [5.41, 5.74) is 1.96. The molecule has 24 heavy (non-hydrogen) atoms. The minimum absolute atomic E-state index is 0.206. The van der Waals surface area contributed by atoms with E-state index in [0.717, 1.165) is 52.7 Å². The third-order valence-corrected chi connectivity index (χ3v) is 4.53. The number of hydrogen-bond donors (Lipinski definition) is 0. The first-order chi connectivity index (χ1) is 11.3. The number of fused-ring (bicyclic) bond motifs is 3. The summed E-state index contributed by atoms with van der Waals surface area (Å²) in [6.45, 7) is 10.1. The van der Waals surface area contributed by atoms with Crippen LogP contribution in [-0.2, 0) is 17.6 Å². The topological polar surface area (TPSA) is 35.5 Å². The van der Waals surface area contributed by atoms with Crippen LogP contribution in [0.25, 0.3) is 10.8 Å². The Morgan fingerprint density at radius 1 is 1.25 bits per heavy atom. The second-order valence-corrected chi connectivity index (χ2v) is 7.71. The SMILES string of the molecule is CC(=O)Oc1c2c(c3ccccc3c1CC(C)C)OC(C)(C)CC2. The number of rotatable bonds is 3. The largest absolute Gasteiger partial charge is 0.487 e. The quantitative estimate of drug-likeness (QED) is 0.584. The molecule has 0 fully saturated rings. The van der Waals surface area contributed by atoms with E-state index < -0.39 is 0 Å². The molecule has 2 aromatic carbocycles. The van der Waals surface area contributed by atoms with E-state index in [1.165, 1.54) is 6.92 Å². The Bertz CT molecular complexity index is 787. The molecule has 128 valence electrons. The summed E-state index contributed by atoms with van der Waals surface area (Å²) in [5, 5.41) is 2.24. The Kier molecular flexibility index (Phi) is 4.29. The van der Waals surface area contributed by atoms with Gasteiger partial charge in [-0.15, -0.1) is 0 Å². The normalized spacial score (nSPS) is 15.9. The van der Waals surface area contributed by atoms with Gasteiger partial charge in [-0.1, -0.05) is 38.1 Å². The highest BCUT2D eigenvalue weighted by molar-refractivity contribution is 5.95. The first-order valence-corrected chi connectivity index (χ1v) is 8.72. The zero-order chi connectivity index (χ0) is 17.5. The fourth-order valence-corrected chi connectivity index (χ4v) is 3.49. The maximum Gasteiger partial charge on any atom is 0.308 e. The third kappa shape index (κ3) is 3.12. The van der Waals surface area contributed by atoms with E-state index in [9.17, 15) is 4.79 Å². The highest BCUT2D eigenvalue weighted by Crippen LogP contribution is 2.47. The molecule has 0 aliphatic carbocycles. The molecule has 2 aromatic rings. The summed E-state index contributed by atoms with van der Waals surface area (Å²) in [4.78, 5) is 11.7. The summed E-state index contributed by atoms with van der Waals surface area (Å²) < 4.78 is 12.0. The summed E-state index contributed by atoms with van der Waals surface area (Å²) in [5.74, 6) is 1.80. The lowest BCUT2D eigenvalue weighted by molar-refractivity contribution is -0.132. The van der Waals surface area contributed by atoms with E-state index >= 15 is 0 Å². The van der Waals surface area contributed by atoms with E-state index in [1.54, 1.807) is 0 Å². The van der Waals surface area contributed by atoms with Gasteiger partial charge in [0.2, 0.25) is 0 Å². The van der Waals surface area contributed by atoms with Crippen molar-refractivity contribution in [3.05, 3.63) is 35.4 Å². The smallest absolute Gasteiger partial charge is 0.308 e. The molecule has 0 atom stereocenters. The van der Waals surface area contributed by atoms with Crippen molar-refractivity contribution in [3.8, 4) is 11.5 Å². The Hall–Kier alpha value is -2.03. The number of hydrogen-bond acceptors (Lipinski definition) is 3. The van der Waals surface area contributed by atoms with Crippen LogP contribution in [0.2, 0.25) is 0 Å². The summed E-state index contributed by atoms with van der Waals surface area (Å²) in [6, 6.07) is 8.28. The lowest BCUT2D eigenvalue weighted by atomic mass is 9.87. The Morgan fingerprint density at radius 3 is 2.54 bits per heavy atom. The molecule has 0 unspecified atom stereocenters. The molecule has 0 radical (unpaired) electrons. The lowest BCUT2D eigenvalue weighted by Gasteiger charge is -2.35. The highest BCUT2D eigenvalue weighted by atomic mass is 16.5. The fraction of sp³-hybridized carbons (Fsp3) is 0.476. The molecule has 0 bridgehead atoms. The molecule has 1 aliphatic rings. The highest BCUT2D eigenvalue weighted by Gasteiger charge is 2.32. The van der Waals surface area contributed by atoms with E-state index in [2.05, 4.69) is 39.8 Å². The van der Waals surface area contributed by atoms with Gasteiger partial charge in [-0.3, -0.25) is 4.79 Å². The van der Waals surface area contributed by atoms with Crippen LogP contribution in [0, 0.1) is 5.92 Å². The van der Waals surface area contributed by atoms with Crippen LogP contribution < -0.4 is 9.47 Å². The molecule has 0 N–H and O–H groups in total. The molecule has 0 amide bonds. The molecule has 3 rings (SSSR count). The van der Waals surface area contributed by atoms with Gasteiger partial charge >= 0.3 is 5.97 Å². The predicted octanol–water partition coefficient (Wildman–Crippen LogP) is 5.07. The van der Waals surface area contributed by atoms with Gasteiger partial charge in [-0.25, -0.2) is 0 Å². The standard InChI is InChI=1S/C21H26O3/c1-13(2)12-18-15-8-6-7-9-16(15)20-17(19(18)23-14(3)22)10-11-21(4,5)24-20/h6-9,13H,10-12H2,1-5H3. The molecule has 0 aromatic heterocycles. The first-order valence-electron chi connectivity index (χ1n) is 8.72. The minimum Gasteiger partial charge on any atom is -0.487 e. The minimum atomic E-state index is -0.276. The lowest BCUT2D eigenvalue weighted by Crippen LogP contribution is -2.33. The second kappa shape index (κ2) is 6.12. The van der Waals surface area contributed by atoms with Gasteiger partial charge in [0.05, 0.1) is 0 Å². The van der Waals surface area contributed by atoms with Gasteiger partial charge in [-0.2, -0.15) is 0 Å². The van der Waals surface area contributed by atoms with Crippen molar-refractivity contribution in [2.24, 2.45) is 5.92 Å². The van der Waals surface area contributed by atoms with Gasteiger partial charge in [0.1, 0.15) is 17.1 Å². The van der Waals surface area contributed by atoms with Crippen LogP contribution in [0.4, 0.5) is 0 Å². The van der Waals surface area contributed by atoms with E-state index in [4.69, 9.17) is 9.47 Å². The van der Waals surface area contributed by atoms with Crippen molar-refractivity contribution >= 4 is 16.7 Å². The van der Waals surface area contributed by atoms with Crippen LogP contribution in [0.15, 0.2) is 24.3 Å². The predicted molar refractivity (Wildman–Crippen MR) is 96.8 cm³/mol. The molecule has 0 saturated carbocycles. The van der Waals surface area contributed by atoms with Crippen molar-refractivity contribution in [2.75, 3.05) is 0 Å². The van der Waals surface area contributed by atoms with Crippen molar-refractivity contribution in [3.63, 3.8) is 0 Å². The Labute approximate surface area is 144 Å². The van der Waals surface area contributed by atoms with Crippen molar-refractivity contribution in [1.82, 2.24) is 0 Å². The maximum atomic E-state index is 11.7. The number of ether oxygens (including phenoxy) is 2. The van der Waals surface area contributed by atoms with Gasteiger partial charge in [0.25, 0.3) is 0 Å². The van der Waals surface area contributed by atoms with E-state index in [0.29, 0.717) is 5.92 Å². The maximum absolute atomic E-state index is 11.7. The zero-order valence-electron chi connectivity index (χ0n) is 15.2. The number of esters is 1. The summed E-state index contributed by atoms with van der Waals surface area (Å²) in [7, 11) is 0. The third-order valence-electron chi connectivity index (χ3n) is 4.53. The van der Waals surface area contributed by atoms with E-state index in [-0.39, 0.29) is 11.6 Å². The molecular formula is C21H26O3. The van der Waals surface area contributed by atoms with Gasteiger partial charge in [-0.05, 0) is 44.4 Å². The average Bonchev–Trinajstić information content (AvgIpc) is 2.49. The number of carbonyl (C=O) groups is 1. The molecular weight excluding hydrogens is 300 g/mol. The zero-order valence-corrected chi connectivity index (χ0v) is 15.2. The van der Waals surface area contributed by atoms with Crippen LogP contribution in [0.1, 0.15) is 52.2 Å². The Balaban J connectivity index is 2.33. The molecule has 0 saturated heterocycles. The van der Waals surface area contributed by atoms with Crippen molar-refractivity contribution in [1.29, 1.82) is 0 Å². The van der Waals surface area contributed by atoms with Crippen LogP contribution in [0.3, 0.4) is 0 Å². The Morgan fingerprint density at radius 2 is 1.92 bits per heavy atom. The van der Waals surface area contributed by atoms with Crippen LogP contribution >= 0.6 is 0 Å². The second-order valence-electron chi connectivity index (χ2n) is 7.71. The summed E-state index contributed by atoms with van der Waals surface area (Å²) >= 11 is 0. The van der Waals surface area contributed by atoms with Crippen molar-refractivity contribution in [2.45, 2.75) is 59.5 Å². The molecule has 1 aliphatic heterocycles. The van der Waals surface area contributed by atoms with E-state index in [1.807, 2.05) is 12.1 Å². The van der Waals surface area contributed by atoms with Crippen molar-refractivity contribution < 1.29 is 14.3 Å². The molecule has 0 spiro atoms. The summed E-state index contributed by atoms with van der Waals surface area (Å²) in [6.07, 6.45) is 2.65. The first kappa shape index (κ1) is 16.8. The van der Waals surface area contributed by atoms with Gasteiger partial charge < -0.3 is 9.47 Å². The van der Waals surface area contributed by atoms with Gasteiger partial charge in [0, 0.05) is 23.4 Å². The number of benzene rings is 2. The fourth-order valence-electron chi connectivity index (χ4n) is 3.49. The monoisotopic (exact) mass is 326 g/mol. The van der Waals surface area contributed by atoms with Gasteiger partial charge in [0.15, 0.2) is 0 Å². The van der Waals surface area contributed by atoms with Crippen LogP contribution in [0.5, 0.6) is 11.5 Å². The number of carbonyl (C=O) groups excluding carboxylic acids is 1. The molecule has 1 heterocycles.